The highest BCUT2D eigenvalue weighted by Crippen LogP contribution is 2.34. The van der Waals surface area contributed by atoms with Gasteiger partial charge in [0.1, 0.15) is 0 Å². The fourth-order valence-corrected chi connectivity index (χ4v) is 3.93. The minimum atomic E-state index is 0.960. The summed E-state index contributed by atoms with van der Waals surface area (Å²) in [6.45, 7) is 3.19. The molecule has 0 spiro atoms. The second-order valence-corrected chi connectivity index (χ2v) is 6.56. The van der Waals surface area contributed by atoms with Crippen molar-refractivity contribution in [3.05, 3.63) is 90.0 Å². The van der Waals surface area contributed by atoms with Crippen LogP contribution in [0, 0.1) is 6.92 Å². The highest BCUT2D eigenvalue weighted by Gasteiger charge is 2.30. The van der Waals surface area contributed by atoms with E-state index >= 15 is 0 Å². The first kappa shape index (κ1) is 13.5. The van der Waals surface area contributed by atoms with Crippen molar-refractivity contribution in [3.8, 4) is 22.4 Å². The van der Waals surface area contributed by atoms with Crippen molar-refractivity contribution in [2.75, 3.05) is 0 Å². The van der Waals surface area contributed by atoms with E-state index < -0.39 is 0 Å². The van der Waals surface area contributed by atoms with Crippen LogP contribution in [0.2, 0.25) is 0 Å². The number of nitrogens with zero attached hydrogens (tertiary/aromatic N) is 1. The minimum Gasteiger partial charge on any atom is -0.187 e. The summed E-state index contributed by atoms with van der Waals surface area (Å²) < 4.78 is 2.46. The number of fused-ring (bicyclic) bond motifs is 5. The number of aryl methyl sites for hydroxylation is 1. The van der Waals surface area contributed by atoms with Crippen LogP contribution in [0.25, 0.3) is 33.3 Å². The van der Waals surface area contributed by atoms with Gasteiger partial charge in [-0.05, 0) is 36.2 Å². The second-order valence-electron chi connectivity index (χ2n) is 6.56. The van der Waals surface area contributed by atoms with Crippen molar-refractivity contribution in [2.24, 2.45) is 0 Å². The molecule has 0 fully saturated rings. The average molecular weight is 308 g/mol. The molecule has 2 heterocycles. The van der Waals surface area contributed by atoms with Crippen LogP contribution in [0.15, 0.2) is 78.9 Å². The molecule has 0 saturated carbocycles. The molecule has 0 radical (unpaired) electrons. The summed E-state index contributed by atoms with van der Waals surface area (Å²) in [6.07, 6.45) is 0. The molecule has 4 aromatic rings. The maximum absolute atomic E-state index is 2.46. The van der Waals surface area contributed by atoms with E-state index in [1.165, 1.54) is 44.4 Å². The van der Waals surface area contributed by atoms with Gasteiger partial charge in [0.25, 0.3) is 0 Å². The van der Waals surface area contributed by atoms with E-state index in [1.54, 1.807) is 0 Å². The molecule has 1 aliphatic heterocycles. The molecule has 0 N–H and O–H groups in total. The largest absolute Gasteiger partial charge is 0.216 e. The second kappa shape index (κ2) is 5.04. The van der Waals surface area contributed by atoms with Crippen LogP contribution in [-0.2, 0) is 6.54 Å². The van der Waals surface area contributed by atoms with E-state index in [0.717, 1.165) is 6.54 Å². The Kier molecular flexibility index (Phi) is 2.83. The Balaban J connectivity index is 1.77. The molecule has 0 bridgehead atoms. The SMILES string of the molecule is Cc1cc2ccccc2[n+]2c1-c1cc(-c3ccccc3)ccc1C2. The van der Waals surface area contributed by atoms with Gasteiger partial charge in [-0.3, -0.25) is 0 Å². The zero-order valence-electron chi connectivity index (χ0n) is 13.7. The van der Waals surface area contributed by atoms with E-state index in [2.05, 4.69) is 90.4 Å². The third-order valence-electron chi connectivity index (χ3n) is 5.04. The Hall–Kier alpha value is -2.93. The lowest BCUT2D eigenvalue weighted by molar-refractivity contribution is -0.646. The molecule has 0 unspecified atom stereocenters. The highest BCUT2D eigenvalue weighted by atomic mass is 15.0. The van der Waals surface area contributed by atoms with Gasteiger partial charge in [-0.25, -0.2) is 0 Å². The minimum absolute atomic E-state index is 0.960. The predicted molar refractivity (Wildman–Crippen MR) is 98.9 cm³/mol. The number of benzene rings is 3. The molecule has 0 saturated heterocycles. The Bertz CT molecular complexity index is 1080. The van der Waals surface area contributed by atoms with Gasteiger partial charge in [0.05, 0.1) is 5.56 Å². The lowest BCUT2D eigenvalue weighted by Crippen LogP contribution is -2.34. The Morgan fingerprint density at radius 3 is 2.42 bits per heavy atom. The lowest BCUT2D eigenvalue weighted by atomic mass is 9.97. The van der Waals surface area contributed by atoms with Crippen LogP contribution < -0.4 is 4.57 Å². The number of pyridine rings is 1. The zero-order valence-corrected chi connectivity index (χ0v) is 13.7. The van der Waals surface area contributed by atoms with Gasteiger partial charge in [0, 0.05) is 22.6 Å². The molecule has 0 amide bonds. The van der Waals surface area contributed by atoms with Gasteiger partial charge >= 0.3 is 0 Å². The van der Waals surface area contributed by atoms with E-state index in [0.29, 0.717) is 0 Å². The monoisotopic (exact) mass is 308 g/mol. The Morgan fingerprint density at radius 1 is 0.750 bits per heavy atom. The van der Waals surface area contributed by atoms with E-state index in [4.69, 9.17) is 0 Å². The number of hydrogen-bond acceptors (Lipinski definition) is 0. The van der Waals surface area contributed by atoms with Gasteiger partial charge in [0.2, 0.25) is 11.2 Å². The molecule has 114 valence electrons. The molecular weight excluding hydrogens is 290 g/mol. The standard InChI is InChI=1S/C23H18N/c1-16-13-19-9-5-6-10-22(19)24-15-20-12-11-18(14-21(20)23(16)24)17-7-3-2-4-8-17/h2-14H,15H2,1H3/q+1. The topological polar surface area (TPSA) is 3.88 Å². The van der Waals surface area contributed by atoms with Gasteiger partial charge in [-0.15, -0.1) is 0 Å². The van der Waals surface area contributed by atoms with Gasteiger partial charge < -0.3 is 0 Å². The maximum atomic E-state index is 2.46. The summed E-state index contributed by atoms with van der Waals surface area (Å²) in [5.41, 5.74) is 9.37. The average Bonchev–Trinajstić information content (AvgIpc) is 3.02. The van der Waals surface area contributed by atoms with Crippen LogP contribution >= 0.6 is 0 Å². The molecule has 1 heteroatoms. The Labute approximate surface area is 141 Å². The van der Waals surface area contributed by atoms with Crippen molar-refractivity contribution >= 4 is 10.9 Å². The van der Waals surface area contributed by atoms with Gasteiger partial charge in [0.15, 0.2) is 6.54 Å². The number of aromatic nitrogens is 1. The first-order chi connectivity index (χ1) is 11.8. The molecule has 1 nitrogen and oxygen atoms in total. The van der Waals surface area contributed by atoms with Crippen LogP contribution in [0.1, 0.15) is 11.1 Å². The van der Waals surface area contributed by atoms with Crippen molar-refractivity contribution in [3.63, 3.8) is 0 Å². The summed E-state index contributed by atoms with van der Waals surface area (Å²) in [4.78, 5) is 0. The van der Waals surface area contributed by atoms with Crippen LogP contribution in [0.3, 0.4) is 0 Å². The molecule has 5 rings (SSSR count). The van der Waals surface area contributed by atoms with Gasteiger partial charge in [-0.2, -0.15) is 4.57 Å². The molecule has 1 aliphatic rings. The molecule has 0 aliphatic carbocycles. The fraction of sp³-hybridized carbons (Fsp3) is 0.0870. The highest BCUT2D eigenvalue weighted by molar-refractivity contribution is 5.82. The zero-order chi connectivity index (χ0) is 16.1. The summed E-state index contributed by atoms with van der Waals surface area (Å²) >= 11 is 0. The van der Waals surface area contributed by atoms with Crippen LogP contribution in [0.4, 0.5) is 0 Å². The number of rotatable bonds is 1. The van der Waals surface area contributed by atoms with E-state index in [1.807, 2.05) is 0 Å². The summed E-state index contributed by atoms with van der Waals surface area (Å²) in [6, 6.07) is 28.5. The normalized spacial score (nSPS) is 12.2. The van der Waals surface area contributed by atoms with Crippen molar-refractivity contribution in [1.29, 1.82) is 0 Å². The molecular formula is C23H18N+. The molecule has 1 aromatic heterocycles. The summed E-state index contributed by atoms with van der Waals surface area (Å²) in [7, 11) is 0. The van der Waals surface area contributed by atoms with E-state index in [-0.39, 0.29) is 0 Å². The fourth-order valence-electron chi connectivity index (χ4n) is 3.93. The van der Waals surface area contributed by atoms with Crippen molar-refractivity contribution in [1.82, 2.24) is 0 Å². The van der Waals surface area contributed by atoms with Crippen LogP contribution in [0.5, 0.6) is 0 Å². The third kappa shape index (κ3) is 1.91. The number of hydrogen-bond donors (Lipinski definition) is 0. The third-order valence-corrected chi connectivity index (χ3v) is 5.04. The summed E-state index contributed by atoms with van der Waals surface area (Å²) in [5, 5.41) is 1.31. The predicted octanol–water partition coefficient (Wildman–Crippen LogP) is 5.13. The maximum Gasteiger partial charge on any atom is 0.216 e. The van der Waals surface area contributed by atoms with Gasteiger partial charge in [-0.1, -0.05) is 54.6 Å². The summed E-state index contributed by atoms with van der Waals surface area (Å²) in [5.74, 6) is 0. The molecule has 3 aromatic carbocycles. The number of para-hydroxylation sites is 1. The van der Waals surface area contributed by atoms with Crippen molar-refractivity contribution < 1.29 is 4.57 Å². The molecule has 24 heavy (non-hydrogen) atoms. The smallest absolute Gasteiger partial charge is 0.187 e. The molecule has 0 atom stereocenters. The Morgan fingerprint density at radius 2 is 1.54 bits per heavy atom. The first-order valence-corrected chi connectivity index (χ1v) is 8.42. The van der Waals surface area contributed by atoms with Crippen molar-refractivity contribution in [2.45, 2.75) is 13.5 Å². The van der Waals surface area contributed by atoms with E-state index in [9.17, 15) is 0 Å². The quantitative estimate of drug-likeness (QED) is 0.378. The first-order valence-electron chi connectivity index (χ1n) is 8.42. The van der Waals surface area contributed by atoms with Crippen LogP contribution in [-0.4, -0.2) is 0 Å². The lowest BCUT2D eigenvalue weighted by Gasteiger charge is -2.05.